The summed E-state index contributed by atoms with van der Waals surface area (Å²) in [4.78, 5) is 16.6. The van der Waals surface area contributed by atoms with Crippen molar-refractivity contribution in [1.82, 2.24) is 0 Å². The molecule has 0 radical (unpaired) electrons. The van der Waals surface area contributed by atoms with Gasteiger partial charge in [-0.15, -0.1) is 0 Å². The number of rotatable bonds is 6. The predicted molar refractivity (Wildman–Crippen MR) is 99.7 cm³/mol. The van der Waals surface area contributed by atoms with Crippen molar-refractivity contribution < 1.29 is 28.5 Å². The molecule has 0 fully saturated rings. The predicted octanol–water partition coefficient (Wildman–Crippen LogP) is 3.07. The summed E-state index contributed by atoms with van der Waals surface area (Å²) in [5.41, 5.74) is 1.41. The van der Waals surface area contributed by atoms with Crippen LogP contribution in [0.3, 0.4) is 0 Å². The average molecular weight is 369 g/mol. The van der Waals surface area contributed by atoms with E-state index in [1.807, 2.05) is 0 Å². The molecule has 2 aromatic rings. The Morgan fingerprint density at radius 2 is 1.56 bits per heavy atom. The van der Waals surface area contributed by atoms with Gasteiger partial charge in [-0.3, -0.25) is 0 Å². The lowest BCUT2D eigenvalue weighted by Gasteiger charge is -2.08. The second kappa shape index (κ2) is 7.82. The van der Waals surface area contributed by atoms with E-state index in [0.29, 0.717) is 34.1 Å². The highest BCUT2D eigenvalue weighted by atomic mass is 16.6. The zero-order valence-electron chi connectivity index (χ0n) is 15.4. The topological polar surface area (TPSA) is 75.6 Å². The number of benzene rings is 2. The number of carbonyl (C=O) groups excluding carboxylic acids is 1. The van der Waals surface area contributed by atoms with E-state index in [1.165, 1.54) is 7.11 Å². The van der Waals surface area contributed by atoms with Gasteiger partial charge in [-0.1, -0.05) is 0 Å². The molecule has 0 saturated carbocycles. The van der Waals surface area contributed by atoms with Crippen LogP contribution < -0.4 is 18.9 Å². The van der Waals surface area contributed by atoms with Gasteiger partial charge in [0.05, 0.1) is 28.4 Å². The fraction of sp³-hybridized carbons (Fsp3) is 0.200. The van der Waals surface area contributed by atoms with Crippen molar-refractivity contribution >= 4 is 17.9 Å². The van der Waals surface area contributed by atoms with Crippen molar-refractivity contribution in [3.05, 3.63) is 53.2 Å². The summed E-state index contributed by atoms with van der Waals surface area (Å²) in [6, 6.07) is 10.4. The lowest BCUT2D eigenvalue weighted by Crippen LogP contribution is -2.06. The molecule has 1 aliphatic rings. The molecule has 0 aromatic heterocycles. The van der Waals surface area contributed by atoms with E-state index < -0.39 is 5.97 Å². The van der Waals surface area contributed by atoms with E-state index in [9.17, 15) is 4.79 Å². The monoisotopic (exact) mass is 369 g/mol. The van der Waals surface area contributed by atoms with Crippen LogP contribution in [-0.4, -0.2) is 40.3 Å². The minimum atomic E-state index is -0.551. The van der Waals surface area contributed by atoms with E-state index in [-0.39, 0.29) is 11.6 Å². The fourth-order valence-corrected chi connectivity index (χ4v) is 2.60. The first kappa shape index (κ1) is 18.3. The van der Waals surface area contributed by atoms with Crippen LogP contribution in [0, 0.1) is 0 Å². The van der Waals surface area contributed by atoms with E-state index in [1.54, 1.807) is 63.8 Å². The van der Waals surface area contributed by atoms with Crippen LogP contribution in [0.25, 0.3) is 6.08 Å². The summed E-state index contributed by atoms with van der Waals surface area (Å²) in [7, 11) is 6.20. The van der Waals surface area contributed by atoms with Crippen LogP contribution in [-0.2, 0) is 9.53 Å². The van der Waals surface area contributed by atoms with Crippen molar-refractivity contribution in [1.29, 1.82) is 0 Å². The Morgan fingerprint density at radius 3 is 2.22 bits per heavy atom. The van der Waals surface area contributed by atoms with Gasteiger partial charge in [0.15, 0.2) is 17.2 Å². The van der Waals surface area contributed by atoms with Gasteiger partial charge in [0, 0.05) is 11.1 Å². The van der Waals surface area contributed by atoms with Crippen molar-refractivity contribution in [3.63, 3.8) is 0 Å². The number of hydrogen-bond donors (Lipinski definition) is 0. The van der Waals surface area contributed by atoms with Gasteiger partial charge in [-0.25, -0.2) is 9.79 Å². The first-order valence-electron chi connectivity index (χ1n) is 8.06. The molecule has 2 aromatic carbocycles. The third-order valence-corrected chi connectivity index (χ3v) is 3.98. The highest BCUT2D eigenvalue weighted by Gasteiger charge is 2.25. The zero-order valence-corrected chi connectivity index (χ0v) is 15.4. The number of methoxy groups -OCH3 is 4. The number of ether oxygens (including phenoxy) is 5. The second-order valence-corrected chi connectivity index (χ2v) is 5.51. The highest BCUT2D eigenvalue weighted by molar-refractivity contribution is 6.13. The first-order valence-corrected chi connectivity index (χ1v) is 8.06. The first-order chi connectivity index (χ1) is 13.1. The minimum absolute atomic E-state index is 0.159. The molecule has 27 heavy (non-hydrogen) atoms. The molecule has 0 amide bonds. The van der Waals surface area contributed by atoms with Crippen molar-refractivity contribution in [2.45, 2.75) is 0 Å². The standard InChI is InChI=1S/C20H19NO6/c1-23-14-6-8-16(24-2)13(9-14)10-15-20(22)27-19(21-15)12-5-7-17(25-3)18(11-12)26-4/h5-11H,1-4H3/b15-10+. The number of nitrogens with zero attached hydrogens (tertiary/aromatic N) is 1. The van der Waals surface area contributed by atoms with Crippen LogP contribution in [0.1, 0.15) is 11.1 Å². The van der Waals surface area contributed by atoms with Crippen molar-refractivity contribution in [3.8, 4) is 23.0 Å². The van der Waals surface area contributed by atoms with Crippen molar-refractivity contribution in [2.75, 3.05) is 28.4 Å². The lowest BCUT2D eigenvalue weighted by atomic mass is 10.1. The molecule has 0 N–H and O–H groups in total. The average Bonchev–Trinajstić information content (AvgIpc) is 3.07. The molecule has 0 spiro atoms. The molecule has 1 aliphatic heterocycles. The molecule has 0 bridgehead atoms. The summed E-state index contributed by atoms with van der Waals surface area (Å²) in [6.45, 7) is 0. The van der Waals surface area contributed by atoms with Gasteiger partial charge in [0.25, 0.3) is 0 Å². The SMILES string of the molecule is COc1ccc(OC)c(/C=C2/N=C(c3ccc(OC)c(OC)c3)OC2=O)c1. The number of esters is 1. The van der Waals surface area contributed by atoms with Crippen LogP contribution >= 0.6 is 0 Å². The van der Waals surface area contributed by atoms with Crippen LogP contribution in [0.4, 0.5) is 0 Å². The largest absolute Gasteiger partial charge is 0.497 e. The van der Waals surface area contributed by atoms with Gasteiger partial charge in [-0.2, -0.15) is 0 Å². The summed E-state index contributed by atoms with van der Waals surface area (Å²) < 4.78 is 26.3. The third-order valence-electron chi connectivity index (χ3n) is 3.98. The molecule has 1 heterocycles. The Labute approximate surface area is 156 Å². The molecular formula is C20H19NO6. The molecule has 0 atom stereocenters. The molecule has 3 rings (SSSR count). The zero-order chi connectivity index (χ0) is 19.4. The number of hydrogen-bond acceptors (Lipinski definition) is 7. The summed E-state index contributed by atoms with van der Waals surface area (Å²) in [5, 5.41) is 0. The molecule has 0 aliphatic carbocycles. The Bertz CT molecular complexity index is 932. The quantitative estimate of drug-likeness (QED) is 0.575. The smallest absolute Gasteiger partial charge is 0.363 e. The second-order valence-electron chi connectivity index (χ2n) is 5.51. The molecule has 140 valence electrons. The summed E-state index contributed by atoms with van der Waals surface area (Å²) in [5.74, 6) is 1.95. The molecule has 0 unspecified atom stereocenters. The van der Waals surface area contributed by atoms with Crippen LogP contribution in [0.15, 0.2) is 47.1 Å². The van der Waals surface area contributed by atoms with Gasteiger partial charge in [0.1, 0.15) is 11.5 Å². The molecule has 7 heteroatoms. The summed E-state index contributed by atoms with van der Waals surface area (Å²) in [6.07, 6.45) is 1.59. The van der Waals surface area contributed by atoms with E-state index in [4.69, 9.17) is 23.7 Å². The fourth-order valence-electron chi connectivity index (χ4n) is 2.60. The highest BCUT2D eigenvalue weighted by Crippen LogP contribution is 2.31. The molecular weight excluding hydrogens is 350 g/mol. The van der Waals surface area contributed by atoms with Gasteiger partial charge in [-0.05, 0) is 42.5 Å². The minimum Gasteiger partial charge on any atom is -0.497 e. The number of cyclic esters (lactones) is 1. The Hall–Kier alpha value is -3.48. The van der Waals surface area contributed by atoms with Crippen LogP contribution in [0.2, 0.25) is 0 Å². The Kier molecular flexibility index (Phi) is 5.30. The van der Waals surface area contributed by atoms with Gasteiger partial charge < -0.3 is 23.7 Å². The molecule has 7 nitrogen and oxygen atoms in total. The van der Waals surface area contributed by atoms with E-state index >= 15 is 0 Å². The Morgan fingerprint density at radius 1 is 0.852 bits per heavy atom. The van der Waals surface area contributed by atoms with Gasteiger partial charge in [0.2, 0.25) is 5.90 Å². The van der Waals surface area contributed by atoms with Crippen LogP contribution in [0.5, 0.6) is 23.0 Å². The van der Waals surface area contributed by atoms with E-state index in [2.05, 4.69) is 4.99 Å². The van der Waals surface area contributed by atoms with Crippen molar-refractivity contribution in [2.24, 2.45) is 4.99 Å². The van der Waals surface area contributed by atoms with Gasteiger partial charge >= 0.3 is 5.97 Å². The number of carbonyl (C=O) groups is 1. The number of aliphatic imine (C=N–C) groups is 1. The lowest BCUT2D eigenvalue weighted by molar-refractivity contribution is -0.129. The molecule has 0 saturated heterocycles. The Balaban J connectivity index is 1.98. The third kappa shape index (κ3) is 3.72. The maximum Gasteiger partial charge on any atom is 0.363 e. The normalized spacial score (nSPS) is 14.6. The van der Waals surface area contributed by atoms with E-state index in [0.717, 1.165) is 0 Å². The summed E-state index contributed by atoms with van der Waals surface area (Å²) >= 11 is 0. The maximum atomic E-state index is 12.3. The maximum absolute atomic E-state index is 12.3.